The number of alkyl halides is 1. The summed E-state index contributed by atoms with van der Waals surface area (Å²) in [5, 5.41) is 0. The Bertz CT molecular complexity index is 546. The Morgan fingerprint density at radius 3 is 2.60 bits per heavy atom. The lowest BCUT2D eigenvalue weighted by Gasteiger charge is -2.36. The van der Waals surface area contributed by atoms with E-state index in [2.05, 4.69) is 0 Å². The summed E-state index contributed by atoms with van der Waals surface area (Å²) in [5.74, 6) is 0.902. The Balaban J connectivity index is 2.27. The number of morpholine rings is 1. The fourth-order valence-corrected chi connectivity index (χ4v) is 3.94. The van der Waals surface area contributed by atoms with Gasteiger partial charge in [-0.05, 0) is 31.2 Å². The Morgan fingerprint density at radius 1 is 1.40 bits per heavy atom. The average Bonchev–Trinajstić information content (AvgIpc) is 2.47. The minimum absolute atomic E-state index is 0.207. The van der Waals surface area contributed by atoms with E-state index in [4.69, 9.17) is 21.1 Å². The first-order valence-electron chi connectivity index (χ1n) is 6.32. The molecular weight excluding hydrogens is 302 g/mol. The molecule has 0 bridgehead atoms. The summed E-state index contributed by atoms with van der Waals surface area (Å²) in [7, 11) is -2.00. The number of ether oxygens (including phenoxy) is 2. The fraction of sp³-hybridized carbons (Fsp3) is 0.538. The lowest BCUT2D eigenvalue weighted by Crippen LogP contribution is -2.51. The molecule has 0 saturated carbocycles. The first-order chi connectivity index (χ1) is 9.48. The smallest absolute Gasteiger partial charge is 0.243 e. The predicted molar refractivity (Wildman–Crippen MR) is 76.8 cm³/mol. The zero-order valence-electron chi connectivity index (χ0n) is 11.5. The highest BCUT2D eigenvalue weighted by atomic mass is 35.5. The van der Waals surface area contributed by atoms with Gasteiger partial charge < -0.3 is 9.47 Å². The minimum Gasteiger partial charge on any atom is -0.497 e. The summed E-state index contributed by atoms with van der Waals surface area (Å²) in [6.45, 7) is 2.46. The minimum atomic E-state index is -3.54. The van der Waals surface area contributed by atoms with Gasteiger partial charge in [-0.15, -0.1) is 11.6 Å². The van der Waals surface area contributed by atoms with Gasteiger partial charge in [-0.3, -0.25) is 0 Å². The van der Waals surface area contributed by atoms with E-state index in [0.717, 1.165) is 0 Å². The van der Waals surface area contributed by atoms with Crippen LogP contribution in [0, 0.1) is 0 Å². The van der Waals surface area contributed by atoms with Gasteiger partial charge in [0.05, 0.1) is 24.7 Å². The average molecular weight is 320 g/mol. The van der Waals surface area contributed by atoms with Crippen LogP contribution in [0.3, 0.4) is 0 Å². The maximum absolute atomic E-state index is 12.6. The van der Waals surface area contributed by atoms with Crippen molar-refractivity contribution in [1.29, 1.82) is 0 Å². The second-order valence-electron chi connectivity index (χ2n) is 4.71. The standard InChI is InChI=1S/C13H18ClNO4S/c1-10-9-19-12(7-14)8-15(10)20(16,17)13-5-3-11(18-2)4-6-13/h3-6,10,12H,7-9H2,1-2H3. The van der Waals surface area contributed by atoms with E-state index in [0.29, 0.717) is 12.4 Å². The van der Waals surface area contributed by atoms with Crippen LogP contribution in [0.5, 0.6) is 5.75 Å². The molecule has 0 spiro atoms. The number of sulfonamides is 1. The van der Waals surface area contributed by atoms with Crippen molar-refractivity contribution >= 4 is 21.6 Å². The summed E-state index contributed by atoms with van der Waals surface area (Å²) in [6.07, 6.45) is -0.263. The molecule has 2 rings (SSSR count). The molecule has 2 unspecified atom stereocenters. The lowest BCUT2D eigenvalue weighted by atomic mass is 10.2. The van der Waals surface area contributed by atoms with Crippen LogP contribution in [0.15, 0.2) is 29.2 Å². The summed E-state index contributed by atoms with van der Waals surface area (Å²) in [5.41, 5.74) is 0. The summed E-state index contributed by atoms with van der Waals surface area (Å²) in [6, 6.07) is 6.16. The molecule has 0 aliphatic carbocycles. The van der Waals surface area contributed by atoms with Crippen molar-refractivity contribution in [2.75, 3.05) is 26.1 Å². The molecule has 0 radical (unpaired) electrons. The monoisotopic (exact) mass is 319 g/mol. The second-order valence-corrected chi connectivity index (χ2v) is 6.91. The third-order valence-electron chi connectivity index (χ3n) is 3.29. The van der Waals surface area contributed by atoms with Crippen LogP contribution in [0.4, 0.5) is 0 Å². The molecule has 1 saturated heterocycles. The van der Waals surface area contributed by atoms with E-state index < -0.39 is 10.0 Å². The maximum Gasteiger partial charge on any atom is 0.243 e. The molecule has 1 aliphatic heterocycles. The van der Waals surface area contributed by atoms with Crippen LogP contribution >= 0.6 is 11.6 Å². The molecule has 20 heavy (non-hydrogen) atoms. The molecule has 1 aromatic rings. The lowest BCUT2D eigenvalue weighted by molar-refractivity contribution is -0.0152. The van der Waals surface area contributed by atoms with Gasteiger partial charge in [-0.2, -0.15) is 4.31 Å². The van der Waals surface area contributed by atoms with Crippen molar-refractivity contribution in [1.82, 2.24) is 4.31 Å². The highest BCUT2D eigenvalue weighted by molar-refractivity contribution is 7.89. The van der Waals surface area contributed by atoms with Gasteiger partial charge in [-0.1, -0.05) is 0 Å². The van der Waals surface area contributed by atoms with Crippen LogP contribution in [-0.2, 0) is 14.8 Å². The predicted octanol–water partition coefficient (Wildman–Crippen LogP) is 1.71. The molecule has 1 aromatic carbocycles. The Morgan fingerprint density at radius 2 is 2.05 bits per heavy atom. The molecule has 1 heterocycles. The van der Waals surface area contributed by atoms with Crippen LogP contribution in [0.1, 0.15) is 6.92 Å². The topological polar surface area (TPSA) is 55.8 Å². The van der Waals surface area contributed by atoms with Crippen LogP contribution in [-0.4, -0.2) is 51.0 Å². The van der Waals surface area contributed by atoms with Gasteiger partial charge in [0.1, 0.15) is 5.75 Å². The molecule has 7 heteroatoms. The zero-order chi connectivity index (χ0) is 14.8. The van der Waals surface area contributed by atoms with E-state index in [-0.39, 0.29) is 29.5 Å². The van der Waals surface area contributed by atoms with Crippen LogP contribution in [0.2, 0.25) is 0 Å². The Labute approximate surface area is 124 Å². The molecule has 0 amide bonds. The van der Waals surface area contributed by atoms with Gasteiger partial charge in [0.25, 0.3) is 0 Å². The van der Waals surface area contributed by atoms with Crippen LogP contribution < -0.4 is 4.74 Å². The molecule has 112 valence electrons. The number of halogens is 1. The first-order valence-corrected chi connectivity index (χ1v) is 8.30. The number of hydrogen-bond acceptors (Lipinski definition) is 4. The normalized spacial score (nSPS) is 24.6. The van der Waals surface area contributed by atoms with Gasteiger partial charge in [0.15, 0.2) is 0 Å². The molecule has 1 fully saturated rings. The molecule has 0 aromatic heterocycles. The van der Waals surface area contributed by atoms with Crippen molar-refractivity contribution in [2.24, 2.45) is 0 Å². The Kier molecular flexibility index (Phi) is 4.90. The summed E-state index contributed by atoms with van der Waals surface area (Å²) >= 11 is 5.77. The quantitative estimate of drug-likeness (QED) is 0.793. The third kappa shape index (κ3) is 3.09. The molecule has 2 atom stereocenters. The summed E-state index contributed by atoms with van der Waals surface area (Å²) < 4.78 is 37.3. The zero-order valence-corrected chi connectivity index (χ0v) is 13.0. The van der Waals surface area contributed by atoms with Crippen molar-refractivity contribution < 1.29 is 17.9 Å². The number of nitrogens with zero attached hydrogens (tertiary/aromatic N) is 1. The number of benzene rings is 1. The highest BCUT2D eigenvalue weighted by Gasteiger charge is 2.35. The van der Waals surface area contributed by atoms with Crippen LogP contribution in [0.25, 0.3) is 0 Å². The van der Waals surface area contributed by atoms with E-state index in [1.807, 2.05) is 6.92 Å². The SMILES string of the molecule is COc1ccc(S(=O)(=O)N2CC(CCl)OCC2C)cc1. The largest absolute Gasteiger partial charge is 0.497 e. The van der Waals surface area contributed by atoms with Gasteiger partial charge in [0.2, 0.25) is 10.0 Å². The van der Waals surface area contributed by atoms with Crippen molar-refractivity contribution in [3.63, 3.8) is 0 Å². The first kappa shape index (κ1) is 15.6. The highest BCUT2D eigenvalue weighted by Crippen LogP contribution is 2.24. The van der Waals surface area contributed by atoms with Crippen molar-refractivity contribution in [3.05, 3.63) is 24.3 Å². The second kappa shape index (κ2) is 6.30. The van der Waals surface area contributed by atoms with E-state index >= 15 is 0 Å². The maximum atomic E-state index is 12.6. The third-order valence-corrected chi connectivity index (χ3v) is 5.62. The molecular formula is C13H18ClNO4S. The molecule has 0 N–H and O–H groups in total. The van der Waals surface area contributed by atoms with E-state index in [1.165, 1.54) is 4.31 Å². The molecule has 1 aliphatic rings. The van der Waals surface area contributed by atoms with Gasteiger partial charge in [0, 0.05) is 18.5 Å². The van der Waals surface area contributed by atoms with Crippen molar-refractivity contribution in [3.8, 4) is 5.75 Å². The number of hydrogen-bond donors (Lipinski definition) is 0. The number of methoxy groups -OCH3 is 1. The van der Waals surface area contributed by atoms with Crippen molar-refractivity contribution in [2.45, 2.75) is 24.0 Å². The fourth-order valence-electron chi connectivity index (χ4n) is 2.10. The van der Waals surface area contributed by atoms with Gasteiger partial charge in [-0.25, -0.2) is 8.42 Å². The van der Waals surface area contributed by atoms with E-state index in [1.54, 1.807) is 31.4 Å². The van der Waals surface area contributed by atoms with Gasteiger partial charge >= 0.3 is 0 Å². The molecule has 5 nitrogen and oxygen atoms in total. The Hall–Kier alpha value is -0.820. The number of rotatable bonds is 4. The summed E-state index contributed by atoms with van der Waals surface area (Å²) in [4.78, 5) is 0.250. The van der Waals surface area contributed by atoms with E-state index in [9.17, 15) is 8.42 Å².